The van der Waals surface area contributed by atoms with Crippen molar-refractivity contribution in [1.82, 2.24) is 4.31 Å². The Labute approximate surface area is 193 Å². The molecule has 1 amide bonds. The van der Waals surface area contributed by atoms with Gasteiger partial charge in [0.25, 0.3) is 0 Å². The van der Waals surface area contributed by atoms with Crippen LogP contribution in [-0.2, 0) is 14.8 Å². The fourth-order valence-corrected chi connectivity index (χ4v) is 5.40. The number of hydrogen-bond donors (Lipinski definition) is 1. The molecule has 168 valence electrons. The Morgan fingerprint density at radius 3 is 2.33 bits per heavy atom. The summed E-state index contributed by atoms with van der Waals surface area (Å²) in [6.45, 7) is 0.439. The van der Waals surface area contributed by atoms with Crippen LogP contribution < -0.4 is 10.1 Å². The van der Waals surface area contributed by atoms with Crippen molar-refractivity contribution in [3.8, 4) is 17.6 Å². The van der Waals surface area contributed by atoms with Crippen molar-refractivity contribution < 1.29 is 17.9 Å². The number of carbonyl (C=O) groups excluding carboxylic acids is 1. The van der Waals surface area contributed by atoms with Crippen LogP contribution in [0.1, 0.15) is 18.4 Å². The van der Waals surface area contributed by atoms with E-state index in [-0.39, 0.29) is 35.4 Å². The monoisotopic (exact) mass is 461 g/mol. The number of benzene rings is 3. The third kappa shape index (κ3) is 5.22. The number of hydrogen-bond acceptors (Lipinski definition) is 5. The number of ether oxygens (including phenoxy) is 1. The average molecular weight is 462 g/mol. The number of carbonyl (C=O) groups is 1. The molecule has 1 fully saturated rings. The molecular weight excluding hydrogens is 438 g/mol. The zero-order chi connectivity index (χ0) is 23.3. The van der Waals surface area contributed by atoms with Crippen molar-refractivity contribution in [3.05, 3.63) is 84.4 Å². The molecule has 0 aliphatic carbocycles. The van der Waals surface area contributed by atoms with E-state index in [9.17, 15) is 18.5 Å². The van der Waals surface area contributed by atoms with Crippen LogP contribution >= 0.6 is 0 Å². The minimum absolute atomic E-state index is 0.00522. The Kier molecular flexibility index (Phi) is 6.73. The molecular formula is C25H23N3O4S. The predicted octanol–water partition coefficient (Wildman–Crippen LogP) is 4.39. The molecule has 0 radical (unpaired) electrons. The Morgan fingerprint density at radius 1 is 0.939 bits per heavy atom. The third-order valence-corrected chi connectivity index (χ3v) is 7.49. The van der Waals surface area contributed by atoms with Crippen LogP contribution in [0.2, 0.25) is 0 Å². The lowest BCUT2D eigenvalue weighted by Crippen LogP contribution is -2.41. The lowest BCUT2D eigenvalue weighted by Gasteiger charge is -2.30. The third-order valence-electron chi connectivity index (χ3n) is 5.53. The largest absolute Gasteiger partial charge is 0.457 e. The zero-order valence-corrected chi connectivity index (χ0v) is 18.7. The van der Waals surface area contributed by atoms with Gasteiger partial charge in [-0.3, -0.25) is 4.79 Å². The molecule has 1 N–H and O–H groups in total. The second kappa shape index (κ2) is 9.86. The summed E-state index contributed by atoms with van der Waals surface area (Å²) in [6.07, 6.45) is 0.806. The van der Waals surface area contributed by atoms with Gasteiger partial charge in [-0.2, -0.15) is 9.57 Å². The van der Waals surface area contributed by atoms with E-state index in [1.165, 1.54) is 16.4 Å². The van der Waals surface area contributed by atoms with E-state index in [4.69, 9.17) is 4.74 Å². The van der Waals surface area contributed by atoms with E-state index in [1.807, 2.05) is 42.5 Å². The molecule has 0 saturated carbocycles. The number of anilines is 1. The molecule has 3 aromatic rings. The highest BCUT2D eigenvalue weighted by atomic mass is 32.2. The van der Waals surface area contributed by atoms with Crippen molar-refractivity contribution in [1.29, 1.82) is 5.26 Å². The molecule has 1 heterocycles. The summed E-state index contributed by atoms with van der Waals surface area (Å²) in [4.78, 5) is 12.8. The first-order valence-corrected chi connectivity index (χ1v) is 12.0. The second-order valence-electron chi connectivity index (χ2n) is 7.72. The quantitative estimate of drug-likeness (QED) is 0.587. The predicted molar refractivity (Wildman–Crippen MR) is 124 cm³/mol. The van der Waals surface area contributed by atoms with E-state index in [0.717, 1.165) is 0 Å². The van der Waals surface area contributed by atoms with Gasteiger partial charge >= 0.3 is 0 Å². The van der Waals surface area contributed by atoms with Gasteiger partial charge in [-0.05, 0) is 49.2 Å². The number of amides is 1. The van der Waals surface area contributed by atoms with Gasteiger partial charge in [-0.25, -0.2) is 8.42 Å². The summed E-state index contributed by atoms with van der Waals surface area (Å²) >= 11 is 0. The zero-order valence-electron chi connectivity index (χ0n) is 17.8. The highest BCUT2D eigenvalue weighted by Crippen LogP contribution is 2.28. The first kappa shape index (κ1) is 22.5. The number of nitrogens with one attached hydrogen (secondary N) is 1. The SMILES string of the molecule is N#Cc1ccccc1S(=O)(=O)N1CCC(C(=O)Nc2cccc(Oc3ccccc3)c2)CC1. The molecule has 7 nitrogen and oxygen atoms in total. The van der Waals surface area contributed by atoms with Crippen LogP contribution in [-0.4, -0.2) is 31.7 Å². The normalized spacial score (nSPS) is 14.9. The van der Waals surface area contributed by atoms with Crippen LogP contribution in [0.25, 0.3) is 0 Å². The van der Waals surface area contributed by atoms with Crippen molar-refractivity contribution in [2.45, 2.75) is 17.7 Å². The summed E-state index contributed by atoms with van der Waals surface area (Å²) in [6, 6.07) is 24.6. The molecule has 8 heteroatoms. The lowest BCUT2D eigenvalue weighted by molar-refractivity contribution is -0.120. The van der Waals surface area contributed by atoms with Gasteiger partial charge in [0, 0.05) is 30.8 Å². The molecule has 0 aromatic heterocycles. The molecule has 0 bridgehead atoms. The maximum absolute atomic E-state index is 13.0. The Balaban J connectivity index is 1.37. The van der Waals surface area contributed by atoms with Gasteiger partial charge in [0.2, 0.25) is 15.9 Å². The van der Waals surface area contributed by atoms with Crippen molar-refractivity contribution >= 4 is 21.6 Å². The number of piperidine rings is 1. The van der Waals surface area contributed by atoms with Crippen molar-refractivity contribution in [2.24, 2.45) is 5.92 Å². The topological polar surface area (TPSA) is 99.5 Å². The highest BCUT2D eigenvalue weighted by molar-refractivity contribution is 7.89. The Bertz CT molecular complexity index is 1280. The minimum atomic E-state index is -3.79. The first-order chi connectivity index (χ1) is 16.0. The van der Waals surface area contributed by atoms with Crippen molar-refractivity contribution in [2.75, 3.05) is 18.4 Å². The molecule has 0 atom stereocenters. The fourth-order valence-electron chi connectivity index (χ4n) is 3.79. The van der Waals surface area contributed by atoms with E-state index in [1.54, 1.807) is 30.3 Å². The molecule has 33 heavy (non-hydrogen) atoms. The maximum Gasteiger partial charge on any atom is 0.244 e. The average Bonchev–Trinajstić information content (AvgIpc) is 2.85. The fraction of sp³-hybridized carbons (Fsp3) is 0.200. The molecule has 1 saturated heterocycles. The van der Waals surface area contributed by atoms with E-state index in [2.05, 4.69) is 5.32 Å². The van der Waals surface area contributed by atoms with E-state index in [0.29, 0.717) is 30.0 Å². The molecule has 4 rings (SSSR count). The maximum atomic E-state index is 13.0. The van der Waals surface area contributed by atoms with Crippen LogP contribution in [0.4, 0.5) is 5.69 Å². The smallest absolute Gasteiger partial charge is 0.244 e. The summed E-state index contributed by atoms with van der Waals surface area (Å²) < 4.78 is 33.1. The van der Waals surface area contributed by atoms with Crippen molar-refractivity contribution in [3.63, 3.8) is 0 Å². The summed E-state index contributed by atoms with van der Waals surface area (Å²) in [7, 11) is -3.79. The standard InChI is InChI=1S/C25H23N3O4S/c26-18-20-7-4-5-12-24(20)33(30,31)28-15-13-19(14-16-28)25(29)27-21-8-6-11-23(17-21)32-22-9-2-1-3-10-22/h1-12,17,19H,13-16H2,(H,27,29). The Morgan fingerprint density at radius 2 is 1.61 bits per heavy atom. The van der Waals surface area contributed by atoms with Crippen LogP contribution in [0.3, 0.4) is 0 Å². The van der Waals surface area contributed by atoms with Crippen LogP contribution in [0.15, 0.2) is 83.8 Å². The lowest BCUT2D eigenvalue weighted by atomic mass is 9.97. The van der Waals surface area contributed by atoms with Crippen LogP contribution in [0, 0.1) is 17.2 Å². The van der Waals surface area contributed by atoms with E-state index >= 15 is 0 Å². The number of nitriles is 1. The van der Waals surface area contributed by atoms with Gasteiger partial charge in [0.15, 0.2) is 0 Å². The molecule has 0 spiro atoms. The van der Waals surface area contributed by atoms with Gasteiger partial charge in [0.1, 0.15) is 17.6 Å². The molecule has 0 unspecified atom stereocenters. The second-order valence-corrected chi connectivity index (χ2v) is 9.62. The van der Waals surface area contributed by atoms with E-state index < -0.39 is 10.0 Å². The number of nitrogens with zero attached hydrogens (tertiary/aromatic N) is 2. The number of sulfonamides is 1. The van der Waals surface area contributed by atoms with Gasteiger partial charge < -0.3 is 10.1 Å². The first-order valence-electron chi connectivity index (χ1n) is 10.6. The van der Waals surface area contributed by atoms with Gasteiger partial charge in [-0.15, -0.1) is 0 Å². The summed E-state index contributed by atoms with van der Waals surface area (Å²) in [5.74, 6) is 0.853. The summed E-state index contributed by atoms with van der Waals surface area (Å²) in [5, 5.41) is 12.2. The molecule has 1 aliphatic heterocycles. The minimum Gasteiger partial charge on any atom is -0.457 e. The highest BCUT2D eigenvalue weighted by Gasteiger charge is 2.33. The number of para-hydroxylation sites is 1. The van der Waals surface area contributed by atoms with Gasteiger partial charge in [-0.1, -0.05) is 36.4 Å². The van der Waals surface area contributed by atoms with Gasteiger partial charge in [0.05, 0.1) is 10.5 Å². The number of rotatable bonds is 6. The summed E-state index contributed by atoms with van der Waals surface area (Å²) in [5.41, 5.74) is 0.737. The van der Waals surface area contributed by atoms with Crippen LogP contribution in [0.5, 0.6) is 11.5 Å². The molecule has 1 aliphatic rings. The Hall–Kier alpha value is -3.67. The molecule has 3 aromatic carbocycles.